The number of esters is 2. The summed E-state index contributed by atoms with van der Waals surface area (Å²) in [7, 11) is 0. The SMILES string of the molecule is CC1=C[C@H]([C@H](O)[C@H](C)[C@@H]2C[C@@H](O)[C@@]3(O)[C@H]4CC[C@@H]5C(C)(C)O[C@H]6CC(=O)O[C@]65C[C@]4(O)CC[C@@]23C)OC1=O. The lowest BCUT2D eigenvalue weighted by molar-refractivity contribution is -0.254. The van der Waals surface area contributed by atoms with Crippen LogP contribution in [0.1, 0.15) is 79.6 Å². The molecule has 4 N–H and O–H groups in total. The van der Waals surface area contributed by atoms with E-state index in [-0.39, 0.29) is 43.0 Å². The molecule has 9 nitrogen and oxygen atoms in total. The van der Waals surface area contributed by atoms with Crippen LogP contribution in [0, 0.1) is 29.1 Å². The van der Waals surface area contributed by atoms with E-state index in [2.05, 4.69) is 0 Å². The molecule has 5 fully saturated rings. The zero-order chi connectivity index (χ0) is 27.6. The van der Waals surface area contributed by atoms with Crippen molar-refractivity contribution in [2.24, 2.45) is 29.1 Å². The van der Waals surface area contributed by atoms with Crippen molar-refractivity contribution in [3.63, 3.8) is 0 Å². The first-order chi connectivity index (χ1) is 17.6. The molecule has 0 aromatic heterocycles. The highest BCUT2D eigenvalue weighted by Crippen LogP contribution is 2.69. The molecule has 2 saturated heterocycles. The maximum Gasteiger partial charge on any atom is 0.334 e. The van der Waals surface area contributed by atoms with Crippen molar-refractivity contribution in [2.75, 3.05) is 0 Å². The van der Waals surface area contributed by atoms with Gasteiger partial charge in [-0.3, -0.25) is 4.79 Å². The van der Waals surface area contributed by atoms with Crippen molar-refractivity contribution < 1.29 is 44.2 Å². The van der Waals surface area contributed by atoms with Crippen molar-refractivity contribution in [1.29, 1.82) is 0 Å². The van der Waals surface area contributed by atoms with E-state index in [1.165, 1.54) is 0 Å². The lowest BCUT2D eigenvalue weighted by atomic mass is 9.50. The molecule has 0 bridgehead atoms. The second kappa shape index (κ2) is 8.03. The predicted octanol–water partition coefficient (Wildman–Crippen LogP) is 1.78. The Morgan fingerprint density at radius 1 is 1.08 bits per heavy atom. The van der Waals surface area contributed by atoms with Gasteiger partial charge in [-0.15, -0.1) is 0 Å². The third-order valence-electron chi connectivity index (χ3n) is 11.9. The predicted molar refractivity (Wildman–Crippen MR) is 133 cm³/mol. The fourth-order valence-electron chi connectivity index (χ4n) is 9.99. The van der Waals surface area contributed by atoms with E-state index in [1.54, 1.807) is 13.0 Å². The van der Waals surface area contributed by atoms with E-state index in [4.69, 9.17) is 14.2 Å². The monoisotopic (exact) mass is 534 g/mol. The average Bonchev–Trinajstić information content (AvgIpc) is 3.40. The summed E-state index contributed by atoms with van der Waals surface area (Å²) in [5.74, 6) is -2.20. The zero-order valence-corrected chi connectivity index (χ0v) is 23.0. The highest BCUT2D eigenvalue weighted by atomic mass is 16.6. The van der Waals surface area contributed by atoms with Gasteiger partial charge in [0, 0.05) is 29.2 Å². The van der Waals surface area contributed by atoms with Crippen molar-refractivity contribution >= 4 is 11.9 Å². The molecular weight excluding hydrogens is 492 g/mol. The molecule has 12 atom stereocenters. The van der Waals surface area contributed by atoms with Crippen LogP contribution in [0.25, 0.3) is 0 Å². The zero-order valence-electron chi connectivity index (χ0n) is 23.0. The molecule has 3 aliphatic carbocycles. The molecule has 0 radical (unpaired) electrons. The quantitative estimate of drug-likeness (QED) is 0.399. The van der Waals surface area contributed by atoms with Crippen molar-refractivity contribution in [3.8, 4) is 0 Å². The maximum atomic E-state index is 12.5. The molecule has 9 heteroatoms. The van der Waals surface area contributed by atoms with Gasteiger partial charge in [0.05, 0.1) is 29.8 Å². The molecule has 0 aromatic rings. The van der Waals surface area contributed by atoms with Gasteiger partial charge in [-0.05, 0) is 70.8 Å². The number of carbonyl (C=O) groups excluding carboxylic acids is 2. The van der Waals surface area contributed by atoms with Gasteiger partial charge in [0.25, 0.3) is 0 Å². The Kier molecular flexibility index (Phi) is 5.64. The minimum atomic E-state index is -1.60. The summed E-state index contributed by atoms with van der Waals surface area (Å²) in [6, 6.07) is 0. The molecule has 3 saturated carbocycles. The Balaban J connectivity index is 1.34. The van der Waals surface area contributed by atoms with Gasteiger partial charge in [0.2, 0.25) is 0 Å². The number of rotatable bonds is 3. The molecule has 3 aliphatic heterocycles. The lowest BCUT2D eigenvalue weighted by Gasteiger charge is -2.59. The molecule has 212 valence electrons. The van der Waals surface area contributed by atoms with Crippen molar-refractivity contribution in [3.05, 3.63) is 11.6 Å². The highest BCUT2D eigenvalue weighted by Gasteiger charge is 2.76. The van der Waals surface area contributed by atoms with Crippen LogP contribution in [0.4, 0.5) is 0 Å². The van der Waals surface area contributed by atoms with E-state index >= 15 is 0 Å². The molecule has 0 unspecified atom stereocenters. The van der Waals surface area contributed by atoms with Crippen LogP contribution >= 0.6 is 0 Å². The number of carbonyl (C=O) groups is 2. The average molecular weight is 535 g/mol. The highest BCUT2D eigenvalue weighted by molar-refractivity contribution is 5.90. The van der Waals surface area contributed by atoms with Gasteiger partial charge in [-0.25, -0.2) is 4.79 Å². The standard InChI is InChI=1S/C29H42O9/c1-14-10-17(36-24(14)33)23(32)15(2)16-11-20(30)29(35)19-7-6-18-25(3,4)37-21-12-22(31)38-28(18,21)13-27(19,34)9-8-26(16,29)5/h10,15-21,23,30,32,34-35H,6-9,11-13H2,1-5H3/t15-,16+,17-,18-,19+,20-,21+,23-,26+,27-,28+,29+/m1/s1. The summed E-state index contributed by atoms with van der Waals surface area (Å²) in [5.41, 5.74) is -4.79. The number of aliphatic hydroxyl groups excluding tert-OH is 2. The Morgan fingerprint density at radius 2 is 1.76 bits per heavy atom. The summed E-state index contributed by atoms with van der Waals surface area (Å²) < 4.78 is 17.7. The van der Waals surface area contributed by atoms with Crippen LogP contribution in [-0.4, -0.2) is 79.2 Å². The Morgan fingerprint density at radius 3 is 2.42 bits per heavy atom. The molecule has 3 heterocycles. The number of ether oxygens (including phenoxy) is 3. The van der Waals surface area contributed by atoms with E-state index in [0.717, 1.165) is 0 Å². The minimum Gasteiger partial charge on any atom is -0.456 e. The summed E-state index contributed by atoms with van der Waals surface area (Å²) in [4.78, 5) is 24.4. The smallest absolute Gasteiger partial charge is 0.334 e. The number of cyclic esters (lactones) is 1. The van der Waals surface area contributed by atoms with Crippen LogP contribution in [0.2, 0.25) is 0 Å². The molecule has 6 rings (SSSR count). The Hall–Kier alpha value is -1.52. The van der Waals surface area contributed by atoms with Gasteiger partial charge in [-0.1, -0.05) is 13.8 Å². The summed E-state index contributed by atoms with van der Waals surface area (Å²) in [6.45, 7) is 9.50. The first-order valence-corrected chi connectivity index (χ1v) is 14.2. The molecule has 38 heavy (non-hydrogen) atoms. The number of fused-ring (bicyclic) bond motifs is 3. The second-order valence-electron chi connectivity index (χ2n) is 14.0. The van der Waals surface area contributed by atoms with Crippen LogP contribution in [0.5, 0.6) is 0 Å². The Bertz CT molecular complexity index is 1090. The molecule has 6 aliphatic rings. The van der Waals surface area contributed by atoms with Crippen LogP contribution in [0.15, 0.2) is 11.6 Å². The molecule has 1 spiro atoms. The van der Waals surface area contributed by atoms with Crippen LogP contribution in [-0.2, 0) is 23.8 Å². The lowest BCUT2D eigenvalue weighted by Crippen LogP contribution is -2.67. The topological polar surface area (TPSA) is 143 Å². The third kappa shape index (κ3) is 3.22. The van der Waals surface area contributed by atoms with Crippen LogP contribution < -0.4 is 0 Å². The summed E-state index contributed by atoms with van der Waals surface area (Å²) in [5, 5.41) is 47.6. The minimum absolute atomic E-state index is 0.141. The Labute approximate surface area is 223 Å². The van der Waals surface area contributed by atoms with Gasteiger partial charge < -0.3 is 34.6 Å². The van der Waals surface area contributed by atoms with E-state index in [1.807, 2.05) is 27.7 Å². The molecule has 0 aromatic carbocycles. The molecular formula is C29H42O9. The fraction of sp³-hybridized carbons (Fsp3) is 0.862. The van der Waals surface area contributed by atoms with E-state index in [9.17, 15) is 30.0 Å². The van der Waals surface area contributed by atoms with Crippen molar-refractivity contribution in [1.82, 2.24) is 0 Å². The third-order valence-corrected chi connectivity index (χ3v) is 11.9. The van der Waals surface area contributed by atoms with E-state index in [0.29, 0.717) is 31.3 Å². The number of aliphatic hydroxyl groups is 4. The van der Waals surface area contributed by atoms with Gasteiger partial charge >= 0.3 is 11.9 Å². The largest absolute Gasteiger partial charge is 0.456 e. The van der Waals surface area contributed by atoms with Crippen LogP contribution in [0.3, 0.4) is 0 Å². The number of hydrogen-bond acceptors (Lipinski definition) is 9. The normalized spacial score (nSPS) is 52.6. The van der Waals surface area contributed by atoms with Gasteiger partial charge in [0.1, 0.15) is 23.4 Å². The molecule has 0 amide bonds. The number of hydrogen-bond donors (Lipinski definition) is 4. The maximum absolute atomic E-state index is 12.5. The van der Waals surface area contributed by atoms with Gasteiger partial charge in [-0.2, -0.15) is 0 Å². The first-order valence-electron chi connectivity index (χ1n) is 14.2. The fourth-order valence-corrected chi connectivity index (χ4v) is 9.99. The summed E-state index contributed by atoms with van der Waals surface area (Å²) in [6.07, 6.45) is 0.770. The van der Waals surface area contributed by atoms with Gasteiger partial charge in [0.15, 0.2) is 0 Å². The van der Waals surface area contributed by atoms with E-state index < -0.39 is 64.1 Å². The second-order valence-corrected chi connectivity index (χ2v) is 14.0. The summed E-state index contributed by atoms with van der Waals surface area (Å²) >= 11 is 0. The first kappa shape index (κ1) is 26.7. The van der Waals surface area contributed by atoms with Crippen molar-refractivity contribution in [2.45, 2.75) is 126 Å².